The van der Waals surface area contributed by atoms with Crippen molar-refractivity contribution in [3.05, 3.63) is 53.1 Å². The number of amides is 1. The van der Waals surface area contributed by atoms with Crippen LogP contribution in [0, 0.1) is 5.41 Å². The van der Waals surface area contributed by atoms with Gasteiger partial charge in [0.05, 0.1) is 10.6 Å². The van der Waals surface area contributed by atoms with Crippen LogP contribution in [0.15, 0.2) is 47.4 Å². The summed E-state index contributed by atoms with van der Waals surface area (Å²) in [7, 11) is 0. The van der Waals surface area contributed by atoms with E-state index in [2.05, 4.69) is 10.1 Å². The van der Waals surface area contributed by atoms with Gasteiger partial charge in [-0.3, -0.25) is 10.0 Å². The van der Waals surface area contributed by atoms with Crippen LogP contribution >= 0.6 is 11.6 Å². The Balaban J connectivity index is 1.50. The molecule has 0 aromatic heterocycles. The molecule has 3 N–H and O–H groups in total. The van der Waals surface area contributed by atoms with Crippen molar-refractivity contribution in [2.75, 3.05) is 13.1 Å². The van der Waals surface area contributed by atoms with E-state index in [-0.39, 0.29) is 26.6 Å². The van der Waals surface area contributed by atoms with Gasteiger partial charge in [-0.25, -0.2) is 10.3 Å². The Morgan fingerprint density at radius 3 is 2.35 bits per heavy atom. The normalized spacial score (nSPS) is 21.9. The molecule has 2 fully saturated rings. The second-order valence-electron chi connectivity index (χ2n) is 9.18. The van der Waals surface area contributed by atoms with E-state index in [4.69, 9.17) is 16.3 Å². The van der Waals surface area contributed by atoms with E-state index in [1.54, 1.807) is 5.48 Å². The highest BCUT2D eigenvalue weighted by atomic mass is 35.5. The number of carbonyl (C=O) groups excluding carboxylic acids is 2. The number of halogens is 4. The van der Waals surface area contributed by atoms with Gasteiger partial charge < -0.3 is 19.3 Å². The number of piperidine rings is 1. The molecule has 0 radical (unpaired) electrons. The van der Waals surface area contributed by atoms with Gasteiger partial charge in [0.2, 0.25) is 4.75 Å². The lowest BCUT2D eigenvalue weighted by Crippen LogP contribution is -2.51. The molecule has 1 aliphatic heterocycles. The number of hydrogen-bond acceptors (Lipinski definition) is 7. The van der Waals surface area contributed by atoms with E-state index in [1.165, 1.54) is 18.2 Å². The van der Waals surface area contributed by atoms with Gasteiger partial charge in [0.25, 0.3) is 5.91 Å². The number of benzene rings is 2. The molecule has 2 aromatic rings. The van der Waals surface area contributed by atoms with Gasteiger partial charge in [-0.1, -0.05) is 11.6 Å². The Hall–Kier alpha value is -2.51. The SMILES string of the molecule is O=C(Oc1ccc([S+]([O-])C2(C(=O)NO)CCC3(CCNCC3)C2)cc1Cl)c1ccc(OC(F)(F)F)cc1. The number of alkyl halides is 3. The lowest BCUT2D eigenvalue weighted by Gasteiger charge is -2.36. The Labute approximate surface area is 218 Å². The van der Waals surface area contributed by atoms with Gasteiger partial charge in [-0.15, -0.1) is 13.2 Å². The van der Waals surface area contributed by atoms with Crippen LogP contribution in [0.4, 0.5) is 13.2 Å². The summed E-state index contributed by atoms with van der Waals surface area (Å²) in [6.07, 6.45) is -1.81. The highest BCUT2D eigenvalue weighted by molar-refractivity contribution is 7.93. The van der Waals surface area contributed by atoms with Crippen molar-refractivity contribution in [3.8, 4) is 11.5 Å². The van der Waals surface area contributed by atoms with Crippen LogP contribution < -0.4 is 20.3 Å². The lowest BCUT2D eigenvalue weighted by molar-refractivity contribution is -0.274. The number of carbonyl (C=O) groups is 2. The maximum absolute atomic E-state index is 13.7. The number of hydrogen-bond donors (Lipinski definition) is 3. The molecule has 1 amide bonds. The third kappa shape index (κ3) is 5.99. The first-order valence-electron chi connectivity index (χ1n) is 11.4. The van der Waals surface area contributed by atoms with Gasteiger partial charge in [-0.2, -0.15) is 0 Å². The van der Waals surface area contributed by atoms with Crippen molar-refractivity contribution in [1.29, 1.82) is 0 Å². The molecular weight excluding hydrogens is 537 g/mol. The third-order valence-corrected chi connectivity index (χ3v) is 9.12. The van der Waals surface area contributed by atoms with Crippen molar-refractivity contribution < 1.29 is 42.0 Å². The van der Waals surface area contributed by atoms with Gasteiger partial charge in [0.15, 0.2) is 4.90 Å². The minimum Gasteiger partial charge on any atom is -0.611 e. The molecule has 0 bridgehead atoms. The molecule has 37 heavy (non-hydrogen) atoms. The van der Waals surface area contributed by atoms with E-state index in [1.807, 2.05) is 0 Å². The number of hydroxylamine groups is 1. The van der Waals surface area contributed by atoms with Gasteiger partial charge in [0, 0.05) is 30.1 Å². The molecule has 2 unspecified atom stereocenters. The van der Waals surface area contributed by atoms with E-state index >= 15 is 0 Å². The molecule has 8 nitrogen and oxygen atoms in total. The van der Waals surface area contributed by atoms with Crippen LogP contribution in [-0.2, 0) is 16.0 Å². The maximum Gasteiger partial charge on any atom is 0.573 e. The van der Waals surface area contributed by atoms with Crippen LogP contribution in [-0.4, -0.2) is 45.8 Å². The predicted octanol–water partition coefficient (Wildman–Crippen LogP) is 4.36. The smallest absolute Gasteiger partial charge is 0.573 e. The largest absolute Gasteiger partial charge is 0.611 e. The molecule has 2 atom stereocenters. The summed E-state index contributed by atoms with van der Waals surface area (Å²) in [6.45, 7) is 1.60. The number of rotatable bonds is 6. The predicted molar refractivity (Wildman–Crippen MR) is 127 cm³/mol. The van der Waals surface area contributed by atoms with Crippen molar-refractivity contribution >= 4 is 34.7 Å². The molecule has 1 heterocycles. The highest BCUT2D eigenvalue weighted by Gasteiger charge is 2.60. The maximum atomic E-state index is 13.7. The summed E-state index contributed by atoms with van der Waals surface area (Å²) in [5.41, 5.74) is 1.49. The van der Waals surface area contributed by atoms with E-state index in [0.29, 0.717) is 19.3 Å². The van der Waals surface area contributed by atoms with Crippen molar-refractivity contribution in [1.82, 2.24) is 10.8 Å². The standard InChI is InChI=1S/C24H24ClF3N2O6S/c25-18-13-17(37(34)23(21(32)30-33)8-7-22(14-23)9-11-29-12-10-22)5-6-19(18)35-20(31)15-1-3-16(4-2-15)36-24(26,27)28/h1-6,13,29,33H,7-12,14H2,(H,30,32). The fourth-order valence-corrected chi connectivity index (χ4v) is 7.12. The Morgan fingerprint density at radius 1 is 1.08 bits per heavy atom. The first-order valence-corrected chi connectivity index (χ1v) is 12.9. The second-order valence-corrected chi connectivity index (χ2v) is 11.4. The van der Waals surface area contributed by atoms with Gasteiger partial charge in [-0.05, 0) is 74.2 Å². The summed E-state index contributed by atoms with van der Waals surface area (Å²) < 4.78 is 58.3. The van der Waals surface area contributed by atoms with Gasteiger partial charge >= 0.3 is 12.3 Å². The molecular formula is C24H24ClF3N2O6S. The first-order chi connectivity index (χ1) is 17.5. The first kappa shape index (κ1) is 27.5. The zero-order valence-electron chi connectivity index (χ0n) is 19.4. The average Bonchev–Trinajstić information content (AvgIpc) is 3.23. The van der Waals surface area contributed by atoms with Crippen LogP contribution in [0.5, 0.6) is 11.5 Å². The molecule has 4 rings (SSSR count). The fraction of sp³-hybridized carbons (Fsp3) is 0.417. The summed E-state index contributed by atoms with van der Waals surface area (Å²) in [5, 5.41) is 12.7. The summed E-state index contributed by atoms with van der Waals surface area (Å²) in [4.78, 5) is 25.5. The fourth-order valence-electron chi connectivity index (χ4n) is 5.03. The monoisotopic (exact) mass is 560 g/mol. The topological polar surface area (TPSA) is 120 Å². The Morgan fingerprint density at radius 2 is 1.76 bits per heavy atom. The molecule has 1 spiro atoms. The minimum absolute atomic E-state index is 0.0463. The highest BCUT2D eigenvalue weighted by Crippen LogP contribution is 2.54. The summed E-state index contributed by atoms with van der Waals surface area (Å²) in [5.74, 6) is -2.15. The van der Waals surface area contributed by atoms with Crippen LogP contribution in [0.2, 0.25) is 5.02 Å². The lowest BCUT2D eigenvalue weighted by atomic mass is 9.77. The van der Waals surface area contributed by atoms with Gasteiger partial charge in [0.1, 0.15) is 11.5 Å². The summed E-state index contributed by atoms with van der Waals surface area (Å²) in [6, 6.07) is 8.24. The molecule has 2 aromatic carbocycles. The molecule has 1 aliphatic carbocycles. The molecule has 13 heteroatoms. The van der Waals surface area contributed by atoms with E-state index < -0.39 is 39.9 Å². The number of nitrogens with one attached hydrogen (secondary N) is 2. The zero-order valence-corrected chi connectivity index (χ0v) is 21.0. The minimum atomic E-state index is -4.86. The second kappa shape index (κ2) is 10.7. The van der Waals surface area contributed by atoms with Crippen molar-refractivity contribution in [2.45, 2.75) is 48.1 Å². The number of esters is 1. The quantitative estimate of drug-likeness (QED) is 0.158. The number of ether oxygens (including phenoxy) is 2. The van der Waals surface area contributed by atoms with E-state index in [9.17, 15) is 32.5 Å². The third-order valence-electron chi connectivity index (χ3n) is 6.90. The average molecular weight is 561 g/mol. The molecule has 2 aliphatic rings. The molecule has 200 valence electrons. The molecule has 1 saturated carbocycles. The van der Waals surface area contributed by atoms with Crippen LogP contribution in [0.1, 0.15) is 42.5 Å². The summed E-state index contributed by atoms with van der Waals surface area (Å²) >= 11 is 4.42. The van der Waals surface area contributed by atoms with Crippen LogP contribution in [0.25, 0.3) is 0 Å². The van der Waals surface area contributed by atoms with Crippen molar-refractivity contribution in [2.24, 2.45) is 5.41 Å². The zero-order chi connectivity index (χ0) is 26.8. The van der Waals surface area contributed by atoms with Crippen molar-refractivity contribution in [3.63, 3.8) is 0 Å². The Kier molecular flexibility index (Phi) is 7.96. The Bertz CT molecular complexity index is 1160. The van der Waals surface area contributed by atoms with Crippen LogP contribution in [0.3, 0.4) is 0 Å². The molecule has 1 saturated heterocycles. The van der Waals surface area contributed by atoms with E-state index in [0.717, 1.165) is 50.2 Å².